The van der Waals surface area contributed by atoms with Crippen LogP contribution < -0.4 is 0 Å². The maximum absolute atomic E-state index is 2.42. The van der Waals surface area contributed by atoms with Gasteiger partial charge in [-0.05, 0) is 60.5 Å². The van der Waals surface area contributed by atoms with E-state index >= 15 is 0 Å². The topological polar surface area (TPSA) is 0 Å². The van der Waals surface area contributed by atoms with Gasteiger partial charge in [-0.25, -0.2) is 0 Å². The Hall–Kier alpha value is -0.780. The van der Waals surface area contributed by atoms with E-state index in [1.54, 1.807) is 0 Å². The fourth-order valence-electron chi connectivity index (χ4n) is 3.40. The van der Waals surface area contributed by atoms with Gasteiger partial charge in [-0.1, -0.05) is 91.5 Å². The minimum atomic E-state index is 0.559. The molecule has 0 amide bonds. The van der Waals surface area contributed by atoms with Crippen LogP contribution in [0.25, 0.3) is 0 Å². The SMILES string of the molecule is CCC1(C)CCC1.CCc1ccc(CCCC(C)(CC)CC)cc1. The molecule has 0 spiro atoms. The fraction of sp³-hybridized carbons (Fsp3) is 0.750. The third kappa shape index (κ3) is 6.99. The van der Waals surface area contributed by atoms with Crippen molar-refractivity contribution in [2.45, 2.75) is 106 Å². The summed E-state index contributed by atoms with van der Waals surface area (Å²) < 4.78 is 0. The Labute approximate surface area is 152 Å². The number of hydrogen-bond donors (Lipinski definition) is 0. The summed E-state index contributed by atoms with van der Waals surface area (Å²) in [5.74, 6) is 0. The van der Waals surface area contributed by atoms with Gasteiger partial charge in [-0.15, -0.1) is 0 Å². The summed E-state index contributed by atoms with van der Waals surface area (Å²) in [5, 5.41) is 0. The maximum Gasteiger partial charge on any atom is -0.0279 e. The average Bonchev–Trinajstić information content (AvgIpc) is 2.60. The number of rotatable bonds is 8. The zero-order chi connectivity index (χ0) is 18.1. The van der Waals surface area contributed by atoms with Crippen molar-refractivity contribution in [1.82, 2.24) is 0 Å². The second-order valence-corrected chi connectivity index (χ2v) is 8.56. The van der Waals surface area contributed by atoms with Crippen LogP contribution in [0.5, 0.6) is 0 Å². The van der Waals surface area contributed by atoms with Crippen molar-refractivity contribution in [3.05, 3.63) is 35.4 Å². The Morgan fingerprint density at radius 2 is 1.46 bits per heavy atom. The first-order valence-electron chi connectivity index (χ1n) is 10.5. The van der Waals surface area contributed by atoms with Crippen LogP contribution in [0.2, 0.25) is 0 Å². The second-order valence-electron chi connectivity index (χ2n) is 8.56. The molecule has 0 unspecified atom stereocenters. The van der Waals surface area contributed by atoms with Gasteiger partial charge < -0.3 is 0 Å². The van der Waals surface area contributed by atoms with Crippen LogP contribution in [-0.2, 0) is 12.8 Å². The minimum absolute atomic E-state index is 0.559. The molecule has 0 N–H and O–H groups in total. The van der Waals surface area contributed by atoms with Crippen LogP contribution in [0.1, 0.15) is 104 Å². The smallest absolute Gasteiger partial charge is 0.0279 e. The predicted molar refractivity (Wildman–Crippen MR) is 110 cm³/mol. The first-order valence-corrected chi connectivity index (χ1v) is 10.5. The Morgan fingerprint density at radius 3 is 1.79 bits per heavy atom. The van der Waals surface area contributed by atoms with Gasteiger partial charge >= 0.3 is 0 Å². The number of aryl methyl sites for hydroxylation is 2. The molecule has 0 heteroatoms. The van der Waals surface area contributed by atoms with Crippen molar-refractivity contribution < 1.29 is 0 Å². The van der Waals surface area contributed by atoms with Gasteiger partial charge in [-0.3, -0.25) is 0 Å². The quantitative estimate of drug-likeness (QED) is 0.453. The Kier molecular flexibility index (Phi) is 9.09. The molecular formula is C24H42. The highest BCUT2D eigenvalue weighted by Crippen LogP contribution is 2.42. The lowest BCUT2D eigenvalue weighted by atomic mass is 9.69. The monoisotopic (exact) mass is 330 g/mol. The van der Waals surface area contributed by atoms with Crippen LogP contribution in [0.15, 0.2) is 24.3 Å². The molecular weight excluding hydrogens is 288 g/mol. The van der Waals surface area contributed by atoms with Crippen LogP contribution >= 0.6 is 0 Å². The van der Waals surface area contributed by atoms with E-state index in [9.17, 15) is 0 Å². The van der Waals surface area contributed by atoms with E-state index in [1.807, 2.05) is 0 Å². The van der Waals surface area contributed by atoms with Gasteiger partial charge in [0.25, 0.3) is 0 Å². The molecule has 2 rings (SSSR count). The molecule has 0 saturated heterocycles. The van der Waals surface area contributed by atoms with Crippen molar-refractivity contribution >= 4 is 0 Å². The third-order valence-electron chi connectivity index (χ3n) is 6.80. The Balaban J connectivity index is 0.000000341. The molecule has 138 valence electrons. The highest BCUT2D eigenvalue weighted by atomic mass is 14.3. The van der Waals surface area contributed by atoms with Crippen LogP contribution in [0.3, 0.4) is 0 Å². The Bertz CT molecular complexity index is 426. The van der Waals surface area contributed by atoms with Gasteiger partial charge in [0, 0.05) is 0 Å². The van der Waals surface area contributed by atoms with Gasteiger partial charge in [-0.2, -0.15) is 0 Å². The first kappa shape index (κ1) is 21.3. The van der Waals surface area contributed by atoms with Crippen LogP contribution in [0.4, 0.5) is 0 Å². The second kappa shape index (κ2) is 10.3. The molecule has 1 saturated carbocycles. The highest BCUT2D eigenvalue weighted by Gasteiger charge is 2.28. The van der Waals surface area contributed by atoms with Crippen molar-refractivity contribution in [2.24, 2.45) is 10.8 Å². The summed E-state index contributed by atoms with van der Waals surface area (Å²) in [6.45, 7) is 13.9. The molecule has 1 aromatic rings. The molecule has 0 bridgehead atoms. The van der Waals surface area contributed by atoms with E-state index in [4.69, 9.17) is 0 Å². The van der Waals surface area contributed by atoms with E-state index in [-0.39, 0.29) is 0 Å². The molecule has 0 aromatic heterocycles. The first-order chi connectivity index (χ1) is 11.4. The van der Waals surface area contributed by atoms with Crippen molar-refractivity contribution in [1.29, 1.82) is 0 Å². The summed E-state index contributed by atoms with van der Waals surface area (Å²) >= 11 is 0. The normalized spacial score (nSPS) is 16.1. The predicted octanol–water partition coefficient (Wildman–Crippen LogP) is 7.98. The molecule has 0 heterocycles. The Morgan fingerprint density at radius 1 is 0.917 bits per heavy atom. The molecule has 1 aromatic carbocycles. The number of hydrogen-bond acceptors (Lipinski definition) is 0. The average molecular weight is 331 g/mol. The van der Waals surface area contributed by atoms with E-state index in [1.165, 1.54) is 68.9 Å². The summed E-state index contributed by atoms with van der Waals surface area (Å²) in [6.07, 6.45) is 13.5. The molecule has 1 aliphatic carbocycles. The van der Waals surface area contributed by atoms with E-state index in [0.29, 0.717) is 5.41 Å². The zero-order valence-corrected chi connectivity index (χ0v) is 17.4. The van der Waals surface area contributed by atoms with Crippen LogP contribution in [-0.4, -0.2) is 0 Å². The van der Waals surface area contributed by atoms with Crippen molar-refractivity contribution in [3.63, 3.8) is 0 Å². The van der Waals surface area contributed by atoms with Gasteiger partial charge in [0.2, 0.25) is 0 Å². The standard InChI is InChI=1S/C17H28.C7H14/c1-5-15-10-12-16(13-11-15)9-8-14-17(4,6-2)7-3;1-3-7(2)5-4-6-7/h10-13H,5-9,14H2,1-4H3;3-6H2,1-2H3. The summed E-state index contributed by atoms with van der Waals surface area (Å²) in [4.78, 5) is 0. The summed E-state index contributed by atoms with van der Waals surface area (Å²) in [6, 6.07) is 9.14. The maximum atomic E-state index is 2.42. The summed E-state index contributed by atoms with van der Waals surface area (Å²) in [5.41, 5.74) is 4.26. The number of benzene rings is 1. The zero-order valence-electron chi connectivity index (χ0n) is 17.4. The van der Waals surface area contributed by atoms with E-state index in [0.717, 1.165) is 11.8 Å². The lowest BCUT2D eigenvalue weighted by molar-refractivity contribution is 0.155. The van der Waals surface area contributed by atoms with Crippen molar-refractivity contribution in [3.8, 4) is 0 Å². The largest absolute Gasteiger partial charge is 0.0649 e. The molecule has 1 aliphatic rings. The van der Waals surface area contributed by atoms with Gasteiger partial charge in [0.05, 0.1) is 0 Å². The summed E-state index contributed by atoms with van der Waals surface area (Å²) in [7, 11) is 0. The van der Waals surface area contributed by atoms with Crippen molar-refractivity contribution in [2.75, 3.05) is 0 Å². The fourth-order valence-corrected chi connectivity index (χ4v) is 3.40. The van der Waals surface area contributed by atoms with E-state index < -0.39 is 0 Å². The molecule has 24 heavy (non-hydrogen) atoms. The van der Waals surface area contributed by atoms with Crippen LogP contribution in [0, 0.1) is 10.8 Å². The lowest BCUT2D eigenvalue weighted by Crippen LogP contribution is -2.23. The third-order valence-corrected chi connectivity index (χ3v) is 6.80. The molecule has 1 fully saturated rings. The highest BCUT2D eigenvalue weighted by molar-refractivity contribution is 5.22. The molecule has 0 radical (unpaired) electrons. The molecule has 0 atom stereocenters. The molecule has 0 aliphatic heterocycles. The lowest BCUT2D eigenvalue weighted by Gasteiger charge is -2.37. The van der Waals surface area contributed by atoms with Gasteiger partial charge in [0.1, 0.15) is 0 Å². The van der Waals surface area contributed by atoms with Gasteiger partial charge in [0.15, 0.2) is 0 Å². The van der Waals surface area contributed by atoms with E-state index in [2.05, 4.69) is 65.8 Å². The minimum Gasteiger partial charge on any atom is -0.0649 e. The molecule has 0 nitrogen and oxygen atoms in total.